The number of anilines is 1. The number of aryl methyl sites for hydroxylation is 1. The minimum atomic E-state index is -3.98. The summed E-state index contributed by atoms with van der Waals surface area (Å²) in [5.74, 6) is -1.72. The molecule has 33 heavy (non-hydrogen) atoms. The number of aromatic nitrogens is 1. The lowest BCUT2D eigenvalue weighted by Crippen LogP contribution is -2.37. The molecule has 3 rings (SSSR count). The number of nitrogens with zero attached hydrogens (tertiary/aromatic N) is 3. The van der Waals surface area contributed by atoms with E-state index in [1.807, 2.05) is 13.1 Å². The van der Waals surface area contributed by atoms with Crippen LogP contribution in [0.25, 0.3) is 0 Å². The Bertz CT molecular complexity index is 1200. The Morgan fingerprint density at radius 3 is 2.55 bits per heavy atom. The third-order valence-electron chi connectivity index (χ3n) is 5.71. The van der Waals surface area contributed by atoms with Crippen LogP contribution in [0.1, 0.15) is 44.0 Å². The van der Waals surface area contributed by atoms with Crippen LogP contribution < -0.4 is 5.32 Å². The molecule has 1 aromatic heterocycles. The Morgan fingerprint density at radius 2 is 1.91 bits per heavy atom. The van der Waals surface area contributed by atoms with Gasteiger partial charge in [0, 0.05) is 42.9 Å². The van der Waals surface area contributed by atoms with Gasteiger partial charge >= 0.3 is 0 Å². The van der Waals surface area contributed by atoms with E-state index in [2.05, 4.69) is 41.0 Å². The molecule has 1 aliphatic heterocycles. The summed E-state index contributed by atoms with van der Waals surface area (Å²) >= 11 is 0. The van der Waals surface area contributed by atoms with Crippen LogP contribution in [-0.2, 0) is 22.9 Å². The summed E-state index contributed by atoms with van der Waals surface area (Å²) in [7, 11) is -2.01. The Kier molecular flexibility index (Phi) is 7.33. The predicted octanol–water partition coefficient (Wildman–Crippen LogP) is 4.64. The van der Waals surface area contributed by atoms with Gasteiger partial charge in [0.2, 0.25) is 9.84 Å². The molecule has 1 aromatic carbocycles. The third-order valence-corrected chi connectivity index (χ3v) is 7.26. The lowest BCUT2D eigenvalue weighted by atomic mass is 10.0. The summed E-state index contributed by atoms with van der Waals surface area (Å²) in [5, 5.41) is 2.42. The number of halogens is 2. The molecule has 0 saturated carbocycles. The summed E-state index contributed by atoms with van der Waals surface area (Å²) < 4.78 is 54.7. The summed E-state index contributed by atoms with van der Waals surface area (Å²) in [4.78, 5) is 10.1. The topological polar surface area (TPSA) is 74.7 Å². The molecule has 0 amide bonds. The number of nitrogens with one attached hydrogen (secondary N) is 1. The second-order valence-electron chi connectivity index (χ2n) is 9.17. The van der Waals surface area contributed by atoms with Crippen molar-refractivity contribution in [3.8, 4) is 0 Å². The van der Waals surface area contributed by atoms with Gasteiger partial charge in [0.25, 0.3) is 0 Å². The van der Waals surface area contributed by atoms with E-state index < -0.39 is 26.4 Å². The smallest absolute Gasteiger partial charge is 0.204 e. The van der Waals surface area contributed by atoms with Gasteiger partial charge in [-0.25, -0.2) is 22.2 Å². The lowest BCUT2D eigenvalue weighted by molar-refractivity contribution is 0.167. The van der Waals surface area contributed by atoms with E-state index in [4.69, 9.17) is 0 Å². The summed E-state index contributed by atoms with van der Waals surface area (Å²) in [6, 6.07) is 6.02. The molecule has 0 saturated heterocycles. The van der Waals surface area contributed by atoms with Crippen molar-refractivity contribution >= 4 is 21.7 Å². The van der Waals surface area contributed by atoms with Gasteiger partial charge in [0.05, 0.1) is 22.8 Å². The molecule has 0 bridgehead atoms. The van der Waals surface area contributed by atoms with Crippen molar-refractivity contribution in [3.05, 3.63) is 64.5 Å². The molecule has 0 aliphatic carbocycles. The number of hydrogen-bond donors (Lipinski definition) is 1. The number of aliphatic imine (C=N–C) groups is 1. The Hall–Kier alpha value is -2.65. The highest BCUT2D eigenvalue weighted by molar-refractivity contribution is 7.91. The van der Waals surface area contributed by atoms with Crippen molar-refractivity contribution in [3.63, 3.8) is 0 Å². The van der Waals surface area contributed by atoms with Crippen LogP contribution in [0, 0.1) is 18.6 Å². The zero-order valence-electron chi connectivity index (χ0n) is 19.6. The summed E-state index contributed by atoms with van der Waals surface area (Å²) in [6.07, 6.45) is 3.84. The van der Waals surface area contributed by atoms with Gasteiger partial charge in [0.1, 0.15) is 5.82 Å². The Balaban J connectivity index is 1.82. The predicted molar refractivity (Wildman–Crippen MR) is 127 cm³/mol. The largest absolute Gasteiger partial charge is 0.379 e. The van der Waals surface area contributed by atoms with Crippen LogP contribution in [0.4, 0.5) is 14.5 Å². The van der Waals surface area contributed by atoms with E-state index in [0.29, 0.717) is 35.6 Å². The van der Waals surface area contributed by atoms with E-state index in [1.54, 1.807) is 25.3 Å². The number of allylic oxidation sites excluding steroid dienone is 1. The SMILES string of the molecule is Cc1nc(S(=O)(=O)CC2=CCC=N2)c(F)cc1NCc1c(F)cccc1CN(C)C(C)(C)C. The molecule has 178 valence electrons. The van der Waals surface area contributed by atoms with Crippen molar-refractivity contribution in [2.24, 2.45) is 4.99 Å². The van der Waals surface area contributed by atoms with Gasteiger partial charge in [-0.3, -0.25) is 9.89 Å². The van der Waals surface area contributed by atoms with Crippen LogP contribution in [0.3, 0.4) is 0 Å². The lowest BCUT2D eigenvalue weighted by Gasteiger charge is -2.32. The number of hydrogen-bond acceptors (Lipinski definition) is 6. The standard InChI is InChI=1S/C24H30F2N4O2S/c1-16-22(12-21(26)23(29-16)33(31,32)15-18-9-7-11-27-18)28-13-19-17(8-6-10-20(19)25)14-30(5)24(2,3)4/h6,8-12,28H,7,13-15H2,1-5H3. The fraction of sp³-hybridized carbons (Fsp3) is 0.417. The monoisotopic (exact) mass is 476 g/mol. The van der Waals surface area contributed by atoms with Gasteiger partial charge < -0.3 is 5.32 Å². The van der Waals surface area contributed by atoms with E-state index in [1.165, 1.54) is 6.07 Å². The number of pyridine rings is 1. The first kappa shape index (κ1) is 25.0. The Labute approximate surface area is 194 Å². The molecule has 9 heteroatoms. The highest BCUT2D eigenvalue weighted by Gasteiger charge is 2.25. The van der Waals surface area contributed by atoms with E-state index in [0.717, 1.165) is 11.6 Å². The molecular formula is C24H30F2N4O2S. The number of sulfone groups is 1. The second kappa shape index (κ2) is 9.69. The van der Waals surface area contributed by atoms with Crippen LogP contribution in [0.2, 0.25) is 0 Å². The van der Waals surface area contributed by atoms with E-state index >= 15 is 0 Å². The van der Waals surface area contributed by atoms with Crippen molar-refractivity contribution in [2.75, 3.05) is 18.1 Å². The summed E-state index contributed by atoms with van der Waals surface area (Å²) in [5.41, 5.74) is 2.18. The molecule has 6 nitrogen and oxygen atoms in total. The number of benzene rings is 1. The van der Waals surface area contributed by atoms with E-state index in [-0.39, 0.29) is 17.9 Å². The van der Waals surface area contributed by atoms with Gasteiger partial charge in [0.15, 0.2) is 10.8 Å². The molecule has 1 N–H and O–H groups in total. The second-order valence-corrected chi connectivity index (χ2v) is 11.1. The quantitative estimate of drug-likeness (QED) is 0.601. The molecule has 0 radical (unpaired) electrons. The van der Waals surface area contributed by atoms with Crippen LogP contribution in [0.15, 0.2) is 46.1 Å². The average molecular weight is 477 g/mol. The van der Waals surface area contributed by atoms with Crippen molar-refractivity contribution in [2.45, 2.75) is 57.8 Å². The van der Waals surface area contributed by atoms with Crippen LogP contribution in [-0.4, -0.2) is 42.9 Å². The molecule has 0 atom stereocenters. The van der Waals surface area contributed by atoms with E-state index in [9.17, 15) is 17.2 Å². The molecule has 1 aliphatic rings. The summed E-state index contributed by atoms with van der Waals surface area (Å²) in [6.45, 7) is 8.46. The average Bonchev–Trinajstić information content (AvgIpc) is 3.21. The third kappa shape index (κ3) is 6.03. The van der Waals surface area contributed by atoms with Gasteiger partial charge in [-0.2, -0.15) is 0 Å². The molecule has 0 spiro atoms. The fourth-order valence-electron chi connectivity index (χ4n) is 3.35. The molecule has 2 aromatic rings. The zero-order valence-corrected chi connectivity index (χ0v) is 20.4. The number of rotatable bonds is 8. The van der Waals surface area contributed by atoms with Crippen molar-refractivity contribution in [1.82, 2.24) is 9.88 Å². The van der Waals surface area contributed by atoms with Crippen molar-refractivity contribution in [1.29, 1.82) is 0 Å². The molecular weight excluding hydrogens is 446 g/mol. The maximum Gasteiger partial charge on any atom is 0.204 e. The van der Waals surface area contributed by atoms with Gasteiger partial charge in [-0.1, -0.05) is 18.2 Å². The van der Waals surface area contributed by atoms with Crippen LogP contribution in [0.5, 0.6) is 0 Å². The van der Waals surface area contributed by atoms with Crippen molar-refractivity contribution < 1.29 is 17.2 Å². The first-order valence-electron chi connectivity index (χ1n) is 10.7. The normalized spacial score (nSPS) is 14.1. The zero-order chi connectivity index (χ0) is 24.4. The highest BCUT2D eigenvalue weighted by Crippen LogP contribution is 2.25. The maximum absolute atomic E-state index is 14.8. The van der Waals surface area contributed by atoms with Crippen LogP contribution >= 0.6 is 0 Å². The molecule has 0 unspecified atom stereocenters. The maximum atomic E-state index is 14.8. The minimum absolute atomic E-state index is 0.0954. The first-order chi connectivity index (χ1) is 15.4. The first-order valence-corrected chi connectivity index (χ1v) is 12.4. The fourth-order valence-corrected chi connectivity index (χ4v) is 4.70. The minimum Gasteiger partial charge on any atom is -0.379 e. The molecule has 0 fully saturated rings. The molecule has 2 heterocycles. The highest BCUT2D eigenvalue weighted by atomic mass is 32.2. The van der Waals surface area contributed by atoms with Gasteiger partial charge in [-0.05, 0) is 46.4 Å². The Morgan fingerprint density at radius 1 is 1.18 bits per heavy atom. The van der Waals surface area contributed by atoms with Gasteiger partial charge in [-0.15, -0.1) is 0 Å².